The van der Waals surface area contributed by atoms with E-state index in [9.17, 15) is 23.2 Å². The Labute approximate surface area is 161 Å². The molecule has 1 aromatic rings. The largest absolute Gasteiger partial charge is 0.368 e. The van der Waals surface area contributed by atoms with Crippen molar-refractivity contribution < 1.29 is 23.2 Å². The number of hydrogen-bond donors (Lipinski definition) is 2. The lowest BCUT2D eigenvalue weighted by molar-refractivity contribution is -0.132. The standard InChI is InChI=1S/C19H22F2N4O3/c20-13-9-14(21)11-15(10-13)24-5-7-25(8-6-24)16(26)3-4-19(12-1-2-12)17(27)22-18(28)23-19/h9-12H,1-8H2,(H2,22,23,27,28). The van der Waals surface area contributed by atoms with Gasteiger partial charge in [-0.15, -0.1) is 0 Å². The lowest BCUT2D eigenvalue weighted by Gasteiger charge is -2.36. The van der Waals surface area contributed by atoms with E-state index in [1.165, 1.54) is 12.1 Å². The molecule has 0 aromatic heterocycles. The predicted molar refractivity (Wildman–Crippen MR) is 96.5 cm³/mol. The summed E-state index contributed by atoms with van der Waals surface area (Å²) in [6.45, 7) is 1.82. The molecule has 7 nitrogen and oxygen atoms in total. The summed E-state index contributed by atoms with van der Waals surface area (Å²) in [4.78, 5) is 40.0. The molecule has 28 heavy (non-hydrogen) atoms. The van der Waals surface area contributed by atoms with E-state index in [4.69, 9.17) is 0 Å². The van der Waals surface area contributed by atoms with Gasteiger partial charge in [0.05, 0.1) is 0 Å². The van der Waals surface area contributed by atoms with E-state index in [-0.39, 0.29) is 30.6 Å². The van der Waals surface area contributed by atoms with Crippen LogP contribution in [0, 0.1) is 17.6 Å². The Morgan fingerprint density at radius 2 is 1.71 bits per heavy atom. The summed E-state index contributed by atoms with van der Waals surface area (Å²) in [5.41, 5.74) is -0.504. The van der Waals surface area contributed by atoms with E-state index in [1.54, 1.807) is 4.90 Å². The van der Waals surface area contributed by atoms with Crippen molar-refractivity contribution in [2.75, 3.05) is 31.1 Å². The topological polar surface area (TPSA) is 81.8 Å². The van der Waals surface area contributed by atoms with Crippen molar-refractivity contribution in [3.05, 3.63) is 29.8 Å². The number of carbonyl (C=O) groups is 3. The first kappa shape index (κ1) is 18.6. The zero-order valence-electron chi connectivity index (χ0n) is 15.3. The minimum absolute atomic E-state index is 0.0842. The first-order valence-electron chi connectivity index (χ1n) is 9.50. The molecular weight excluding hydrogens is 370 g/mol. The van der Waals surface area contributed by atoms with E-state index < -0.39 is 23.2 Å². The van der Waals surface area contributed by atoms with Crippen molar-refractivity contribution in [1.82, 2.24) is 15.5 Å². The summed E-state index contributed by atoms with van der Waals surface area (Å²) in [6.07, 6.45) is 2.18. The molecule has 1 atom stereocenters. The van der Waals surface area contributed by atoms with Gasteiger partial charge < -0.3 is 15.1 Å². The van der Waals surface area contributed by atoms with Gasteiger partial charge in [0.1, 0.15) is 17.2 Å². The third kappa shape index (κ3) is 3.53. The number of nitrogens with one attached hydrogen (secondary N) is 2. The first-order chi connectivity index (χ1) is 13.4. The molecule has 2 N–H and O–H groups in total. The Kier molecular flexibility index (Phi) is 4.68. The highest BCUT2D eigenvalue weighted by Crippen LogP contribution is 2.43. The SMILES string of the molecule is O=C1NC(=O)C(CCC(=O)N2CCN(c3cc(F)cc(F)c3)CC2)(C2CC2)N1. The lowest BCUT2D eigenvalue weighted by atomic mass is 9.87. The minimum Gasteiger partial charge on any atom is -0.368 e. The molecule has 0 bridgehead atoms. The Bertz CT molecular complexity index is 801. The molecule has 2 aliphatic heterocycles. The van der Waals surface area contributed by atoms with E-state index in [0.29, 0.717) is 31.9 Å². The van der Waals surface area contributed by atoms with Gasteiger partial charge in [0.25, 0.3) is 5.91 Å². The normalized spacial score (nSPS) is 24.9. The average Bonchev–Trinajstić information content (AvgIpc) is 3.45. The third-order valence-corrected chi connectivity index (χ3v) is 5.82. The van der Waals surface area contributed by atoms with Gasteiger partial charge in [0, 0.05) is 44.4 Å². The molecule has 1 aromatic carbocycles. The molecule has 2 heterocycles. The molecular formula is C19H22F2N4O3. The number of urea groups is 1. The molecule has 4 rings (SSSR count). The molecule has 0 spiro atoms. The monoisotopic (exact) mass is 392 g/mol. The predicted octanol–water partition coefficient (Wildman–Crippen LogP) is 1.38. The van der Waals surface area contributed by atoms with Crippen LogP contribution >= 0.6 is 0 Å². The summed E-state index contributed by atoms with van der Waals surface area (Å²) in [7, 11) is 0. The van der Waals surface area contributed by atoms with Gasteiger partial charge in [0.2, 0.25) is 5.91 Å². The number of halogens is 2. The second-order valence-electron chi connectivity index (χ2n) is 7.65. The molecule has 3 fully saturated rings. The lowest BCUT2D eigenvalue weighted by Crippen LogP contribution is -2.51. The highest BCUT2D eigenvalue weighted by molar-refractivity contribution is 6.07. The fraction of sp³-hybridized carbons (Fsp3) is 0.526. The zero-order valence-corrected chi connectivity index (χ0v) is 15.3. The minimum atomic E-state index is -0.965. The van der Waals surface area contributed by atoms with Crippen LogP contribution in [-0.4, -0.2) is 54.5 Å². The molecule has 9 heteroatoms. The van der Waals surface area contributed by atoms with Gasteiger partial charge in [-0.2, -0.15) is 0 Å². The molecule has 0 radical (unpaired) electrons. The highest BCUT2D eigenvalue weighted by atomic mass is 19.1. The van der Waals surface area contributed by atoms with Gasteiger partial charge >= 0.3 is 6.03 Å². The van der Waals surface area contributed by atoms with Gasteiger partial charge in [-0.25, -0.2) is 13.6 Å². The number of carbonyl (C=O) groups excluding carboxylic acids is 3. The van der Waals surface area contributed by atoms with Crippen LogP contribution in [-0.2, 0) is 9.59 Å². The van der Waals surface area contributed by atoms with E-state index in [0.717, 1.165) is 18.9 Å². The maximum atomic E-state index is 13.4. The third-order valence-electron chi connectivity index (χ3n) is 5.82. The summed E-state index contributed by atoms with van der Waals surface area (Å²) in [5.74, 6) is -1.59. The molecule has 3 aliphatic rings. The van der Waals surface area contributed by atoms with Crippen molar-refractivity contribution in [2.24, 2.45) is 5.92 Å². The van der Waals surface area contributed by atoms with Gasteiger partial charge in [0.15, 0.2) is 0 Å². The number of amides is 4. The number of piperazine rings is 1. The number of nitrogens with zero attached hydrogens (tertiary/aromatic N) is 2. The number of imide groups is 1. The molecule has 1 unspecified atom stereocenters. The maximum absolute atomic E-state index is 13.4. The van der Waals surface area contributed by atoms with Gasteiger partial charge in [-0.3, -0.25) is 14.9 Å². The van der Waals surface area contributed by atoms with Crippen LogP contribution in [0.3, 0.4) is 0 Å². The Balaban J connectivity index is 1.33. The fourth-order valence-electron chi connectivity index (χ4n) is 4.15. The maximum Gasteiger partial charge on any atom is 0.322 e. The fourth-order valence-corrected chi connectivity index (χ4v) is 4.15. The molecule has 1 aliphatic carbocycles. The Morgan fingerprint density at radius 1 is 1.07 bits per heavy atom. The van der Waals surface area contributed by atoms with Crippen LogP contribution in [0.2, 0.25) is 0 Å². The summed E-state index contributed by atoms with van der Waals surface area (Å²) in [6, 6.07) is 2.89. The summed E-state index contributed by atoms with van der Waals surface area (Å²) < 4.78 is 26.8. The second kappa shape index (κ2) is 7.03. The molecule has 4 amide bonds. The van der Waals surface area contributed by atoms with E-state index >= 15 is 0 Å². The van der Waals surface area contributed by atoms with Crippen LogP contribution < -0.4 is 15.5 Å². The van der Waals surface area contributed by atoms with E-state index in [2.05, 4.69) is 10.6 Å². The van der Waals surface area contributed by atoms with Crippen LogP contribution in [0.4, 0.5) is 19.3 Å². The Hall–Kier alpha value is -2.71. The highest BCUT2D eigenvalue weighted by Gasteiger charge is 2.55. The summed E-state index contributed by atoms with van der Waals surface area (Å²) in [5, 5.41) is 5.01. The first-order valence-corrected chi connectivity index (χ1v) is 9.50. The van der Waals surface area contributed by atoms with Crippen LogP contribution in [0.1, 0.15) is 25.7 Å². The number of hydrogen-bond acceptors (Lipinski definition) is 4. The number of benzene rings is 1. The molecule has 1 saturated carbocycles. The van der Waals surface area contributed by atoms with Crippen LogP contribution in [0.5, 0.6) is 0 Å². The van der Waals surface area contributed by atoms with Crippen molar-refractivity contribution in [3.8, 4) is 0 Å². The second-order valence-corrected chi connectivity index (χ2v) is 7.65. The quantitative estimate of drug-likeness (QED) is 0.742. The van der Waals surface area contributed by atoms with Crippen LogP contribution in [0.15, 0.2) is 18.2 Å². The van der Waals surface area contributed by atoms with Crippen molar-refractivity contribution in [2.45, 2.75) is 31.2 Å². The van der Waals surface area contributed by atoms with E-state index in [1.807, 2.05) is 4.90 Å². The molecule has 2 saturated heterocycles. The number of anilines is 1. The van der Waals surface area contributed by atoms with Crippen molar-refractivity contribution in [1.29, 1.82) is 0 Å². The smallest absolute Gasteiger partial charge is 0.322 e. The van der Waals surface area contributed by atoms with Gasteiger partial charge in [-0.1, -0.05) is 0 Å². The van der Waals surface area contributed by atoms with Crippen LogP contribution in [0.25, 0.3) is 0 Å². The average molecular weight is 392 g/mol. The molecule has 150 valence electrons. The van der Waals surface area contributed by atoms with Gasteiger partial charge in [-0.05, 0) is 37.3 Å². The zero-order chi connectivity index (χ0) is 19.9. The summed E-state index contributed by atoms with van der Waals surface area (Å²) >= 11 is 0. The van der Waals surface area contributed by atoms with Crippen molar-refractivity contribution >= 4 is 23.5 Å². The number of rotatable bonds is 5. The Morgan fingerprint density at radius 3 is 2.25 bits per heavy atom. The van der Waals surface area contributed by atoms with Crippen molar-refractivity contribution in [3.63, 3.8) is 0 Å².